The maximum Gasteiger partial charge on any atom is 0.394 e. The highest BCUT2D eigenvalue weighted by Gasteiger charge is 2.08. The van der Waals surface area contributed by atoms with Gasteiger partial charge in [0.15, 0.2) is 0 Å². The third-order valence-electron chi connectivity index (χ3n) is 2.63. The second-order valence-electron chi connectivity index (χ2n) is 4.20. The summed E-state index contributed by atoms with van der Waals surface area (Å²) in [5.41, 5.74) is 10.6. The Kier molecular flexibility index (Phi) is 8.30. The number of hydrogen-bond donors (Lipinski definition) is 3. The van der Waals surface area contributed by atoms with Crippen molar-refractivity contribution in [3.63, 3.8) is 0 Å². The van der Waals surface area contributed by atoms with Gasteiger partial charge >= 0.3 is 10.4 Å². The molecule has 1 aromatic carbocycles. The van der Waals surface area contributed by atoms with Crippen LogP contribution in [0.15, 0.2) is 50.1 Å². The van der Waals surface area contributed by atoms with Gasteiger partial charge in [-0.15, -0.1) is 19.7 Å². The fourth-order valence-corrected chi connectivity index (χ4v) is 1.89. The van der Waals surface area contributed by atoms with Crippen molar-refractivity contribution in [2.24, 2.45) is 0 Å². The van der Waals surface area contributed by atoms with E-state index in [9.17, 15) is 0 Å². The van der Waals surface area contributed by atoms with Crippen molar-refractivity contribution in [3.8, 4) is 0 Å². The van der Waals surface area contributed by atoms with E-state index in [-0.39, 0.29) is 0 Å². The molecule has 0 fully saturated rings. The molecule has 0 saturated carbocycles. The Hall–Kier alpha value is -1.89. The summed E-state index contributed by atoms with van der Waals surface area (Å²) in [7, 11) is -4.67. The summed E-state index contributed by atoms with van der Waals surface area (Å²) in [6.07, 6.45) is 8.23. The van der Waals surface area contributed by atoms with Gasteiger partial charge in [0.25, 0.3) is 0 Å². The van der Waals surface area contributed by atoms with E-state index >= 15 is 0 Å². The van der Waals surface area contributed by atoms with E-state index < -0.39 is 10.4 Å². The summed E-state index contributed by atoms with van der Waals surface area (Å²) >= 11 is 0. The molecule has 0 spiro atoms. The molecule has 21 heavy (non-hydrogen) atoms. The lowest BCUT2D eigenvalue weighted by atomic mass is 9.93. The monoisotopic (exact) mass is 311 g/mol. The van der Waals surface area contributed by atoms with Gasteiger partial charge in [0.2, 0.25) is 0 Å². The predicted octanol–water partition coefficient (Wildman–Crippen LogP) is 2.80. The molecule has 5 nitrogen and oxygen atoms in total. The fourth-order valence-electron chi connectivity index (χ4n) is 1.89. The summed E-state index contributed by atoms with van der Waals surface area (Å²) < 4.78 is 31.6. The minimum atomic E-state index is -4.67. The molecule has 0 aliphatic carbocycles. The lowest BCUT2D eigenvalue weighted by Crippen LogP contribution is -2.03. The van der Waals surface area contributed by atoms with E-state index in [2.05, 4.69) is 25.8 Å². The Morgan fingerprint density at radius 1 is 0.952 bits per heavy atom. The Balaban J connectivity index is 0.000000690. The number of hydrogen-bond acceptors (Lipinski definition) is 3. The maximum absolute atomic E-state index is 8.74. The second-order valence-corrected chi connectivity index (χ2v) is 5.09. The van der Waals surface area contributed by atoms with Gasteiger partial charge in [0.1, 0.15) is 0 Å². The smallest absolute Gasteiger partial charge is 0.394 e. The third-order valence-corrected chi connectivity index (χ3v) is 2.63. The van der Waals surface area contributed by atoms with Gasteiger partial charge in [0, 0.05) is 5.69 Å². The molecule has 1 rings (SSSR count). The van der Waals surface area contributed by atoms with Crippen LogP contribution in [0.1, 0.15) is 16.7 Å². The van der Waals surface area contributed by atoms with Crippen molar-refractivity contribution in [2.45, 2.75) is 19.3 Å². The van der Waals surface area contributed by atoms with E-state index in [1.165, 1.54) is 16.7 Å². The van der Waals surface area contributed by atoms with Gasteiger partial charge in [-0.1, -0.05) is 24.3 Å². The first-order valence-corrected chi connectivity index (χ1v) is 7.55. The first kappa shape index (κ1) is 19.1. The van der Waals surface area contributed by atoms with Gasteiger partial charge in [-0.2, -0.15) is 8.42 Å². The average Bonchev–Trinajstić information content (AvgIpc) is 2.35. The van der Waals surface area contributed by atoms with Crippen LogP contribution in [-0.2, 0) is 29.7 Å². The minimum absolute atomic E-state index is 0.806. The number of rotatable bonds is 6. The van der Waals surface area contributed by atoms with Crippen LogP contribution in [0.25, 0.3) is 0 Å². The van der Waals surface area contributed by atoms with Gasteiger partial charge in [0.05, 0.1) is 0 Å². The highest BCUT2D eigenvalue weighted by molar-refractivity contribution is 7.79. The zero-order valence-corrected chi connectivity index (χ0v) is 12.6. The van der Waals surface area contributed by atoms with Crippen LogP contribution >= 0.6 is 0 Å². The number of anilines is 1. The number of benzene rings is 1. The normalized spacial score (nSPS) is 10.2. The fraction of sp³-hybridized carbons (Fsp3) is 0.200. The highest BCUT2D eigenvalue weighted by Crippen LogP contribution is 2.24. The Labute approximate surface area is 126 Å². The van der Waals surface area contributed by atoms with Gasteiger partial charge in [-0.3, -0.25) is 9.11 Å². The van der Waals surface area contributed by atoms with Crippen molar-refractivity contribution in [1.29, 1.82) is 0 Å². The molecule has 0 saturated heterocycles. The number of allylic oxidation sites excluding steroid dienone is 3. The summed E-state index contributed by atoms with van der Waals surface area (Å²) in [5.74, 6) is 0. The summed E-state index contributed by atoms with van der Waals surface area (Å²) in [4.78, 5) is 0. The van der Waals surface area contributed by atoms with Crippen molar-refractivity contribution >= 4 is 16.1 Å². The predicted molar refractivity (Wildman–Crippen MR) is 86.7 cm³/mol. The molecule has 0 unspecified atom stereocenters. The molecule has 0 amide bonds. The second kappa shape index (κ2) is 9.12. The zero-order chi connectivity index (χ0) is 16.5. The molecule has 1 aromatic rings. The Bertz CT molecular complexity index is 598. The van der Waals surface area contributed by atoms with Gasteiger partial charge in [-0.25, -0.2) is 0 Å². The summed E-state index contributed by atoms with van der Waals surface area (Å²) in [6.45, 7) is 11.3. The van der Waals surface area contributed by atoms with E-state index in [4.69, 9.17) is 23.3 Å². The Morgan fingerprint density at radius 3 is 1.81 bits per heavy atom. The molecule has 4 N–H and O–H groups in total. The van der Waals surface area contributed by atoms with E-state index in [0.717, 1.165) is 24.9 Å². The number of nitrogen functional groups attached to an aromatic ring is 1. The van der Waals surface area contributed by atoms with Crippen LogP contribution in [0.2, 0.25) is 0 Å². The van der Waals surface area contributed by atoms with Gasteiger partial charge in [-0.05, 0) is 42.0 Å². The van der Waals surface area contributed by atoms with Crippen LogP contribution in [0.3, 0.4) is 0 Å². The molecular formula is C15H21NO4S. The molecule has 0 heterocycles. The first-order valence-electron chi connectivity index (χ1n) is 6.16. The Morgan fingerprint density at radius 2 is 1.38 bits per heavy atom. The molecule has 0 aromatic heterocycles. The molecule has 0 aliphatic heterocycles. The third kappa shape index (κ3) is 8.09. The molecule has 6 heteroatoms. The topological polar surface area (TPSA) is 101 Å². The molecule has 0 atom stereocenters. The average molecular weight is 311 g/mol. The van der Waals surface area contributed by atoms with Crippen LogP contribution in [-0.4, -0.2) is 17.5 Å². The first-order chi connectivity index (χ1) is 9.74. The van der Waals surface area contributed by atoms with E-state index in [1.807, 2.05) is 24.3 Å². The quantitative estimate of drug-likeness (QED) is 0.426. The minimum Gasteiger partial charge on any atom is -0.398 e. The van der Waals surface area contributed by atoms with Crippen molar-refractivity contribution in [3.05, 3.63) is 66.8 Å². The maximum atomic E-state index is 8.74. The van der Waals surface area contributed by atoms with Crippen molar-refractivity contribution in [1.82, 2.24) is 0 Å². The SMILES string of the molecule is C=CCc1ccc(N)c(CC=C)c1CC=C.O=S(=O)(O)O. The zero-order valence-electron chi connectivity index (χ0n) is 11.8. The standard InChI is InChI=1S/C15H19N.H2O4S/c1-4-7-12-10-11-15(16)14(9-6-3)13(12)8-5-2;1-5(2,3)4/h4-6,10-11H,1-3,7-9,16H2;(H2,1,2,3,4). The van der Waals surface area contributed by atoms with Crippen molar-refractivity contribution in [2.75, 3.05) is 5.73 Å². The molecule has 0 aliphatic rings. The lowest BCUT2D eigenvalue weighted by molar-refractivity contribution is 0.381. The van der Waals surface area contributed by atoms with Crippen LogP contribution < -0.4 is 5.73 Å². The lowest BCUT2D eigenvalue weighted by Gasteiger charge is -2.14. The van der Waals surface area contributed by atoms with Crippen molar-refractivity contribution < 1.29 is 17.5 Å². The van der Waals surface area contributed by atoms with Gasteiger partial charge < -0.3 is 5.73 Å². The molecule has 0 radical (unpaired) electrons. The summed E-state index contributed by atoms with van der Waals surface area (Å²) in [6, 6.07) is 4.03. The largest absolute Gasteiger partial charge is 0.398 e. The highest BCUT2D eigenvalue weighted by atomic mass is 32.3. The molecule has 116 valence electrons. The number of nitrogens with two attached hydrogens (primary N) is 1. The molecule has 0 bridgehead atoms. The molecular weight excluding hydrogens is 290 g/mol. The van der Waals surface area contributed by atoms with Crippen LogP contribution in [0, 0.1) is 0 Å². The van der Waals surface area contributed by atoms with Crippen LogP contribution in [0.4, 0.5) is 5.69 Å². The summed E-state index contributed by atoms with van der Waals surface area (Å²) in [5, 5.41) is 0. The van der Waals surface area contributed by atoms with E-state index in [1.54, 1.807) is 0 Å². The van der Waals surface area contributed by atoms with Crippen LogP contribution in [0.5, 0.6) is 0 Å². The van der Waals surface area contributed by atoms with E-state index in [0.29, 0.717) is 0 Å².